The maximum atomic E-state index is 12.4. The summed E-state index contributed by atoms with van der Waals surface area (Å²) in [6.45, 7) is 11.1. The lowest BCUT2D eigenvalue weighted by Crippen LogP contribution is -2.57. The molecule has 2 heterocycles. The van der Waals surface area contributed by atoms with E-state index < -0.39 is 10.2 Å². The van der Waals surface area contributed by atoms with Crippen LogP contribution in [0, 0.1) is 5.92 Å². The van der Waals surface area contributed by atoms with Gasteiger partial charge in [0.1, 0.15) is 0 Å². The number of nitrogens with one attached hydrogen (secondary N) is 1. The minimum Gasteiger partial charge on any atom is -0.379 e. The minimum atomic E-state index is -3.36. The van der Waals surface area contributed by atoms with Gasteiger partial charge in [0.2, 0.25) is 0 Å². The molecule has 0 aromatic rings. The highest BCUT2D eigenvalue weighted by Crippen LogP contribution is 2.19. The predicted octanol–water partition coefficient (Wildman–Crippen LogP) is 0.664. The van der Waals surface area contributed by atoms with Crippen LogP contribution in [0.15, 0.2) is 0 Å². The third-order valence-electron chi connectivity index (χ3n) is 4.51. The van der Waals surface area contributed by atoms with Crippen LogP contribution in [0.25, 0.3) is 0 Å². The quantitative estimate of drug-likeness (QED) is 0.809. The maximum Gasteiger partial charge on any atom is 0.279 e. The minimum absolute atomic E-state index is 0.196. The lowest BCUT2D eigenvalue weighted by molar-refractivity contribution is -0.00815. The van der Waals surface area contributed by atoms with Crippen molar-refractivity contribution in [3.63, 3.8) is 0 Å². The molecule has 1 N–H and O–H groups in total. The first-order valence-electron chi connectivity index (χ1n) is 7.89. The van der Waals surface area contributed by atoms with Crippen molar-refractivity contribution in [3.05, 3.63) is 0 Å². The summed E-state index contributed by atoms with van der Waals surface area (Å²) in [5.74, 6) is 0.447. The maximum absolute atomic E-state index is 12.4. The summed E-state index contributed by atoms with van der Waals surface area (Å²) >= 11 is 0. The van der Waals surface area contributed by atoms with Crippen LogP contribution in [-0.4, -0.2) is 69.1 Å². The molecule has 0 amide bonds. The fourth-order valence-electron chi connectivity index (χ4n) is 3.00. The van der Waals surface area contributed by atoms with Gasteiger partial charge in [0.15, 0.2) is 0 Å². The van der Waals surface area contributed by atoms with Crippen molar-refractivity contribution in [3.8, 4) is 0 Å². The van der Waals surface area contributed by atoms with E-state index in [0.717, 1.165) is 39.1 Å². The number of hydrogen-bond donors (Lipinski definition) is 1. The van der Waals surface area contributed by atoms with Gasteiger partial charge in [-0.15, -0.1) is 0 Å². The zero-order chi connectivity index (χ0) is 15.5. The van der Waals surface area contributed by atoms with E-state index in [4.69, 9.17) is 4.74 Å². The lowest BCUT2D eigenvalue weighted by Gasteiger charge is -2.41. The number of morpholine rings is 1. The first-order valence-corrected chi connectivity index (χ1v) is 9.33. The number of piperidine rings is 1. The zero-order valence-corrected chi connectivity index (χ0v) is 14.3. The second-order valence-corrected chi connectivity index (χ2v) is 8.60. The number of nitrogens with zero attached hydrogens (tertiary/aromatic N) is 2. The van der Waals surface area contributed by atoms with Crippen LogP contribution in [0.1, 0.15) is 33.6 Å². The molecule has 124 valence electrons. The van der Waals surface area contributed by atoms with Gasteiger partial charge in [-0.05, 0) is 32.6 Å². The smallest absolute Gasteiger partial charge is 0.279 e. The van der Waals surface area contributed by atoms with Crippen LogP contribution in [0.2, 0.25) is 0 Å². The Balaban J connectivity index is 1.90. The van der Waals surface area contributed by atoms with Gasteiger partial charge in [0.05, 0.1) is 13.2 Å². The molecule has 2 aliphatic heterocycles. The van der Waals surface area contributed by atoms with E-state index in [-0.39, 0.29) is 5.54 Å². The monoisotopic (exact) mass is 319 g/mol. The Morgan fingerprint density at radius 2 is 1.90 bits per heavy atom. The SMILES string of the molecule is C[C@H]1CCCN(S(=O)(=O)NCC(C)(C)N2CCOCC2)C1. The second kappa shape index (κ2) is 6.91. The molecule has 0 spiro atoms. The Labute approximate surface area is 129 Å². The first-order chi connectivity index (χ1) is 9.81. The summed E-state index contributed by atoms with van der Waals surface area (Å²) in [4.78, 5) is 2.29. The van der Waals surface area contributed by atoms with Crippen molar-refractivity contribution in [1.29, 1.82) is 0 Å². The summed E-state index contributed by atoms with van der Waals surface area (Å²) in [5, 5.41) is 0. The van der Waals surface area contributed by atoms with Crippen molar-refractivity contribution < 1.29 is 13.2 Å². The van der Waals surface area contributed by atoms with Crippen LogP contribution < -0.4 is 4.72 Å². The van der Waals surface area contributed by atoms with Crippen molar-refractivity contribution >= 4 is 10.2 Å². The van der Waals surface area contributed by atoms with Crippen molar-refractivity contribution in [2.75, 3.05) is 45.9 Å². The third kappa shape index (κ3) is 4.63. The topological polar surface area (TPSA) is 61.9 Å². The van der Waals surface area contributed by atoms with Crippen LogP contribution in [0.5, 0.6) is 0 Å². The normalized spacial score (nSPS) is 26.9. The van der Waals surface area contributed by atoms with E-state index in [1.54, 1.807) is 4.31 Å². The molecule has 0 aromatic heterocycles. The first kappa shape index (κ1) is 17.1. The number of hydrogen-bond acceptors (Lipinski definition) is 4. The van der Waals surface area contributed by atoms with Crippen LogP contribution >= 0.6 is 0 Å². The third-order valence-corrected chi connectivity index (χ3v) is 6.03. The predicted molar refractivity (Wildman–Crippen MR) is 83.4 cm³/mol. The molecule has 0 radical (unpaired) electrons. The molecule has 0 unspecified atom stereocenters. The molecule has 0 saturated carbocycles. The van der Waals surface area contributed by atoms with Crippen LogP contribution in [-0.2, 0) is 14.9 Å². The molecular weight excluding hydrogens is 290 g/mol. The summed E-state index contributed by atoms with van der Waals surface area (Å²) in [7, 11) is -3.36. The second-order valence-electron chi connectivity index (χ2n) is 6.84. The largest absolute Gasteiger partial charge is 0.379 e. The van der Waals surface area contributed by atoms with Gasteiger partial charge in [-0.25, -0.2) is 4.72 Å². The summed E-state index contributed by atoms with van der Waals surface area (Å²) in [6, 6.07) is 0. The van der Waals surface area contributed by atoms with Crippen molar-refractivity contribution in [2.24, 2.45) is 5.92 Å². The van der Waals surface area contributed by atoms with E-state index >= 15 is 0 Å². The molecule has 0 aromatic carbocycles. The average Bonchev–Trinajstić information content (AvgIpc) is 2.46. The molecule has 0 bridgehead atoms. The summed E-state index contributed by atoms with van der Waals surface area (Å²) in [5.41, 5.74) is -0.196. The van der Waals surface area contributed by atoms with Gasteiger partial charge in [0.25, 0.3) is 10.2 Å². The summed E-state index contributed by atoms with van der Waals surface area (Å²) in [6.07, 6.45) is 2.07. The Morgan fingerprint density at radius 3 is 2.52 bits per heavy atom. The molecule has 7 heteroatoms. The Hall–Kier alpha value is -0.210. The van der Waals surface area contributed by atoms with E-state index in [0.29, 0.717) is 25.6 Å². The molecule has 2 saturated heterocycles. The highest BCUT2D eigenvalue weighted by molar-refractivity contribution is 7.87. The Morgan fingerprint density at radius 1 is 1.24 bits per heavy atom. The van der Waals surface area contributed by atoms with Gasteiger partial charge in [-0.3, -0.25) is 4.90 Å². The molecule has 2 rings (SSSR count). The van der Waals surface area contributed by atoms with Crippen molar-refractivity contribution in [1.82, 2.24) is 13.9 Å². The molecule has 21 heavy (non-hydrogen) atoms. The van der Waals surface area contributed by atoms with Gasteiger partial charge in [-0.1, -0.05) is 6.92 Å². The zero-order valence-electron chi connectivity index (χ0n) is 13.5. The molecule has 2 aliphatic rings. The Kier molecular flexibility index (Phi) is 5.65. The van der Waals surface area contributed by atoms with E-state index in [1.807, 2.05) is 0 Å². The Bertz CT molecular complexity index is 433. The fraction of sp³-hybridized carbons (Fsp3) is 1.00. The highest BCUT2D eigenvalue weighted by Gasteiger charge is 2.32. The molecule has 6 nitrogen and oxygen atoms in total. The fourth-order valence-corrected chi connectivity index (χ4v) is 4.54. The lowest BCUT2D eigenvalue weighted by atomic mass is 10.0. The van der Waals surface area contributed by atoms with Gasteiger partial charge >= 0.3 is 0 Å². The molecule has 2 fully saturated rings. The van der Waals surface area contributed by atoms with Crippen LogP contribution in [0.3, 0.4) is 0 Å². The van der Waals surface area contributed by atoms with Crippen molar-refractivity contribution in [2.45, 2.75) is 39.2 Å². The standard InChI is InChI=1S/C14H29N3O3S/c1-13-5-4-6-17(11-13)21(18,19)15-12-14(2,3)16-7-9-20-10-8-16/h13,15H,4-12H2,1-3H3/t13-/m0/s1. The van der Waals surface area contributed by atoms with Gasteiger partial charge in [-0.2, -0.15) is 12.7 Å². The molecule has 0 aliphatic carbocycles. The number of ether oxygens (including phenoxy) is 1. The van der Waals surface area contributed by atoms with Crippen LogP contribution in [0.4, 0.5) is 0 Å². The van der Waals surface area contributed by atoms with E-state index in [1.165, 1.54) is 0 Å². The average molecular weight is 319 g/mol. The highest BCUT2D eigenvalue weighted by atomic mass is 32.2. The number of rotatable bonds is 5. The molecular formula is C14H29N3O3S. The van der Waals surface area contributed by atoms with E-state index in [2.05, 4.69) is 30.4 Å². The van der Waals surface area contributed by atoms with Gasteiger partial charge < -0.3 is 4.74 Å². The summed E-state index contributed by atoms with van der Waals surface area (Å²) < 4.78 is 34.6. The molecule has 1 atom stereocenters. The van der Waals surface area contributed by atoms with Gasteiger partial charge in [0, 0.05) is 38.3 Å². The van der Waals surface area contributed by atoms with E-state index in [9.17, 15) is 8.42 Å².